The second kappa shape index (κ2) is 6.50. The van der Waals surface area contributed by atoms with E-state index in [1.807, 2.05) is 13.8 Å². The normalized spacial score (nSPS) is 14.5. The molecule has 0 fully saturated rings. The highest BCUT2D eigenvalue weighted by molar-refractivity contribution is 6.08. The van der Waals surface area contributed by atoms with E-state index in [4.69, 9.17) is 5.73 Å². The van der Waals surface area contributed by atoms with Gasteiger partial charge in [0.2, 0.25) is 0 Å². The molecule has 0 radical (unpaired) electrons. The zero-order valence-corrected chi connectivity index (χ0v) is 15.4. The lowest BCUT2D eigenvalue weighted by atomic mass is 9.95. The molecule has 1 aromatic heterocycles. The summed E-state index contributed by atoms with van der Waals surface area (Å²) in [5.74, 6) is 0.648. The third-order valence-corrected chi connectivity index (χ3v) is 4.90. The molecule has 0 saturated heterocycles. The first kappa shape index (κ1) is 17.5. The van der Waals surface area contributed by atoms with Crippen molar-refractivity contribution in [3.8, 4) is 12.1 Å². The number of fused-ring (bicyclic) bond motifs is 1. The Morgan fingerprint density at radius 3 is 2.27 bits per heavy atom. The summed E-state index contributed by atoms with van der Waals surface area (Å²) in [5.41, 5.74) is 13.1. The molecular formula is C22H20N4. The molecule has 2 N–H and O–H groups in total. The van der Waals surface area contributed by atoms with Crippen LogP contribution in [0, 0.1) is 29.6 Å². The van der Waals surface area contributed by atoms with Gasteiger partial charge in [-0.3, -0.25) is 0 Å². The van der Waals surface area contributed by atoms with Crippen LogP contribution in [0.5, 0.6) is 0 Å². The van der Waals surface area contributed by atoms with Crippen molar-refractivity contribution < 1.29 is 0 Å². The Bertz CT molecular complexity index is 1040. The van der Waals surface area contributed by atoms with Crippen LogP contribution in [-0.2, 0) is 0 Å². The zero-order chi connectivity index (χ0) is 19.0. The number of allylic oxidation sites excluding steroid dienone is 3. The van der Waals surface area contributed by atoms with Gasteiger partial charge in [-0.05, 0) is 53.7 Å². The van der Waals surface area contributed by atoms with Gasteiger partial charge in [-0.1, -0.05) is 38.1 Å². The van der Waals surface area contributed by atoms with Gasteiger partial charge in [-0.15, -0.1) is 0 Å². The number of benzene rings is 1. The largest absolute Gasteiger partial charge is 0.383 e. The average molecular weight is 340 g/mol. The molecule has 0 bridgehead atoms. The molecule has 1 aliphatic rings. The third-order valence-electron chi connectivity index (χ3n) is 4.90. The second-order valence-corrected chi connectivity index (χ2v) is 6.82. The Labute approximate surface area is 153 Å². The van der Waals surface area contributed by atoms with Crippen molar-refractivity contribution in [3.63, 3.8) is 0 Å². The molecule has 0 saturated carbocycles. The molecule has 0 spiro atoms. The van der Waals surface area contributed by atoms with Crippen molar-refractivity contribution >= 4 is 23.0 Å². The maximum absolute atomic E-state index is 9.59. The lowest BCUT2D eigenvalue weighted by molar-refractivity contribution is 0.866. The highest BCUT2D eigenvalue weighted by Gasteiger charge is 2.29. The highest BCUT2D eigenvalue weighted by atomic mass is 14.9. The average Bonchev–Trinajstić information content (AvgIpc) is 2.87. The molecule has 0 atom stereocenters. The van der Waals surface area contributed by atoms with Crippen molar-refractivity contribution in [2.45, 2.75) is 33.6 Å². The number of nitrogens with zero attached hydrogens (tertiary/aromatic N) is 3. The summed E-state index contributed by atoms with van der Waals surface area (Å²) in [6, 6.07) is 12.8. The fourth-order valence-corrected chi connectivity index (χ4v) is 3.34. The van der Waals surface area contributed by atoms with Crippen molar-refractivity contribution in [2.75, 3.05) is 5.73 Å². The Morgan fingerprint density at radius 2 is 1.73 bits per heavy atom. The number of nitrogens with two attached hydrogens (primary N) is 1. The van der Waals surface area contributed by atoms with Gasteiger partial charge in [0.15, 0.2) is 0 Å². The van der Waals surface area contributed by atoms with Crippen molar-refractivity contribution in [3.05, 3.63) is 63.3 Å². The van der Waals surface area contributed by atoms with Gasteiger partial charge in [-0.25, -0.2) is 4.98 Å². The number of pyridine rings is 1. The van der Waals surface area contributed by atoms with E-state index in [0.717, 1.165) is 27.8 Å². The van der Waals surface area contributed by atoms with E-state index in [2.05, 4.69) is 61.3 Å². The highest BCUT2D eigenvalue weighted by Crippen LogP contribution is 2.44. The van der Waals surface area contributed by atoms with Gasteiger partial charge < -0.3 is 5.73 Å². The number of hydrogen-bond donors (Lipinski definition) is 1. The van der Waals surface area contributed by atoms with Crippen LogP contribution in [-0.4, -0.2) is 4.98 Å². The molecule has 2 aromatic rings. The first-order valence-corrected chi connectivity index (χ1v) is 8.53. The van der Waals surface area contributed by atoms with Gasteiger partial charge in [-0.2, -0.15) is 10.5 Å². The van der Waals surface area contributed by atoms with Crippen LogP contribution in [0.3, 0.4) is 0 Å². The lowest BCUT2D eigenvalue weighted by Gasteiger charge is -2.11. The summed E-state index contributed by atoms with van der Waals surface area (Å²) in [4.78, 5) is 4.35. The van der Waals surface area contributed by atoms with Crippen LogP contribution < -0.4 is 5.73 Å². The minimum absolute atomic E-state index is 0.173. The molecule has 128 valence electrons. The topological polar surface area (TPSA) is 86.5 Å². The van der Waals surface area contributed by atoms with E-state index in [0.29, 0.717) is 22.7 Å². The maximum atomic E-state index is 9.59. The summed E-state index contributed by atoms with van der Waals surface area (Å²) < 4.78 is 0. The SMILES string of the molecule is CC1=C(C#N)c2nc(N)c(C#N)c(C)c2C1=Cc1ccc(C(C)C)cc1. The number of nitriles is 2. The molecule has 0 amide bonds. The number of nitrogen functional groups attached to an aromatic ring is 1. The fraction of sp³-hybridized carbons (Fsp3) is 0.227. The van der Waals surface area contributed by atoms with E-state index in [1.165, 1.54) is 5.56 Å². The van der Waals surface area contributed by atoms with Crippen LogP contribution in [0.15, 0.2) is 29.8 Å². The minimum atomic E-state index is 0.173. The first-order valence-electron chi connectivity index (χ1n) is 8.53. The van der Waals surface area contributed by atoms with Gasteiger partial charge in [0.25, 0.3) is 0 Å². The first-order chi connectivity index (χ1) is 12.4. The molecule has 0 aliphatic heterocycles. The van der Waals surface area contributed by atoms with Crippen molar-refractivity contribution in [2.24, 2.45) is 0 Å². The van der Waals surface area contributed by atoms with Crippen LogP contribution in [0.4, 0.5) is 5.82 Å². The lowest BCUT2D eigenvalue weighted by Crippen LogP contribution is -2.03. The second-order valence-electron chi connectivity index (χ2n) is 6.82. The third kappa shape index (κ3) is 2.66. The quantitative estimate of drug-likeness (QED) is 0.849. The number of anilines is 1. The van der Waals surface area contributed by atoms with E-state index in [9.17, 15) is 10.5 Å². The Kier molecular flexibility index (Phi) is 4.36. The Morgan fingerprint density at radius 1 is 1.08 bits per heavy atom. The molecule has 1 aromatic carbocycles. The molecule has 26 heavy (non-hydrogen) atoms. The van der Waals surface area contributed by atoms with Gasteiger partial charge >= 0.3 is 0 Å². The molecule has 4 heteroatoms. The predicted octanol–water partition coefficient (Wildman–Crippen LogP) is 4.82. The number of rotatable bonds is 2. The standard InChI is InChI=1S/C22H20N4/c1-12(2)16-7-5-15(6-8-16)9-17-13(3)18(10-23)21-20(17)14(4)19(11-24)22(25)26-21/h5-9,12H,1-4H3,(H2,25,26). The monoisotopic (exact) mass is 340 g/mol. The zero-order valence-electron chi connectivity index (χ0n) is 15.4. The molecule has 4 nitrogen and oxygen atoms in total. The summed E-state index contributed by atoms with van der Waals surface area (Å²) >= 11 is 0. The summed E-state index contributed by atoms with van der Waals surface area (Å²) in [6.07, 6.45) is 2.05. The Balaban J connectivity index is 2.23. The van der Waals surface area contributed by atoms with E-state index < -0.39 is 0 Å². The molecule has 1 aliphatic carbocycles. The van der Waals surface area contributed by atoms with E-state index in [-0.39, 0.29) is 5.82 Å². The van der Waals surface area contributed by atoms with Crippen LogP contribution in [0.25, 0.3) is 17.2 Å². The summed E-state index contributed by atoms with van der Waals surface area (Å²) in [7, 11) is 0. The Hall–Kier alpha value is -3.37. The van der Waals surface area contributed by atoms with E-state index in [1.54, 1.807) is 0 Å². The van der Waals surface area contributed by atoms with Crippen molar-refractivity contribution in [1.82, 2.24) is 4.98 Å². The van der Waals surface area contributed by atoms with Crippen molar-refractivity contribution in [1.29, 1.82) is 10.5 Å². The minimum Gasteiger partial charge on any atom is -0.383 e. The maximum Gasteiger partial charge on any atom is 0.142 e. The molecule has 3 rings (SSSR count). The summed E-state index contributed by atoms with van der Waals surface area (Å²) in [6.45, 7) is 8.10. The predicted molar refractivity (Wildman–Crippen MR) is 105 cm³/mol. The molecule has 1 heterocycles. The molecule has 0 unspecified atom stereocenters. The fourth-order valence-electron chi connectivity index (χ4n) is 3.34. The van der Waals surface area contributed by atoms with Crippen LogP contribution >= 0.6 is 0 Å². The van der Waals surface area contributed by atoms with Crippen LogP contribution in [0.1, 0.15) is 60.2 Å². The molecular weight excluding hydrogens is 320 g/mol. The summed E-state index contributed by atoms with van der Waals surface area (Å²) in [5, 5.41) is 19.0. The van der Waals surface area contributed by atoms with Crippen LogP contribution in [0.2, 0.25) is 0 Å². The van der Waals surface area contributed by atoms with Gasteiger partial charge in [0.1, 0.15) is 18.0 Å². The number of aromatic nitrogens is 1. The number of hydrogen-bond acceptors (Lipinski definition) is 4. The van der Waals surface area contributed by atoms with Gasteiger partial charge in [0.05, 0.1) is 16.8 Å². The smallest absolute Gasteiger partial charge is 0.142 e. The van der Waals surface area contributed by atoms with E-state index >= 15 is 0 Å². The van der Waals surface area contributed by atoms with Gasteiger partial charge in [0, 0.05) is 5.56 Å².